The Balaban J connectivity index is 2.27. The van der Waals surface area contributed by atoms with Crippen LogP contribution in [0.2, 0.25) is 0 Å². The number of aliphatic imine (C=N–C) groups is 1. The van der Waals surface area contributed by atoms with Crippen molar-refractivity contribution in [3.63, 3.8) is 0 Å². The number of alkyl carbamates (subject to hydrolysis) is 1. The van der Waals surface area contributed by atoms with E-state index in [0.29, 0.717) is 24.3 Å². The van der Waals surface area contributed by atoms with Gasteiger partial charge in [0.2, 0.25) is 5.96 Å². The van der Waals surface area contributed by atoms with Crippen molar-refractivity contribution in [2.75, 3.05) is 13.7 Å². The van der Waals surface area contributed by atoms with Crippen LogP contribution in [0.4, 0.5) is 4.79 Å². The maximum atomic E-state index is 11.3. The number of carbonyl (C=O) groups is 1. The highest BCUT2D eigenvalue weighted by atomic mass is 16.5. The minimum atomic E-state index is -0.508. The number of carbonyl (C=O) groups excluding carboxylic acids is 1. The number of ether oxygens (including phenoxy) is 1. The second-order valence-electron chi connectivity index (χ2n) is 6.19. The van der Waals surface area contributed by atoms with Crippen molar-refractivity contribution in [2.24, 2.45) is 4.99 Å². The van der Waals surface area contributed by atoms with Crippen LogP contribution in [0.5, 0.6) is 0 Å². The van der Waals surface area contributed by atoms with Crippen LogP contribution in [0.15, 0.2) is 23.2 Å². The average molecular weight is 303 g/mol. The van der Waals surface area contributed by atoms with E-state index in [4.69, 9.17) is 0 Å². The van der Waals surface area contributed by atoms with Gasteiger partial charge < -0.3 is 10.1 Å². The molecule has 0 aromatic heterocycles. The number of hydrogen-bond donors (Lipinski definition) is 2. The van der Waals surface area contributed by atoms with Gasteiger partial charge in [-0.3, -0.25) is 5.32 Å². The Bertz CT molecular complexity index is 579. The fourth-order valence-electron chi connectivity index (χ4n) is 2.60. The number of benzene rings is 1. The summed E-state index contributed by atoms with van der Waals surface area (Å²) in [5, 5.41) is 5.70. The Labute approximate surface area is 132 Å². The molecule has 1 aliphatic rings. The lowest BCUT2D eigenvalue weighted by molar-refractivity contribution is 0.176. The number of nitrogens with zero attached hydrogens (tertiary/aromatic N) is 1. The molecule has 0 saturated carbocycles. The summed E-state index contributed by atoms with van der Waals surface area (Å²) < 4.78 is 4.59. The number of methoxy groups -OCH3 is 1. The van der Waals surface area contributed by atoms with Gasteiger partial charge in [-0.2, -0.15) is 0 Å². The number of guanidine groups is 1. The Morgan fingerprint density at radius 1 is 1.32 bits per heavy atom. The van der Waals surface area contributed by atoms with E-state index < -0.39 is 6.09 Å². The second kappa shape index (κ2) is 6.81. The first-order chi connectivity index (χ1) is 10.4. The molecule has 1 amide bonds. The number of rotatable bonds is 3. The number of amides is 1. The second-order valence-corrected chi connectivity index (χ2v) is 6.19. The van der Waals surface area contributed by atoms with Crippen molar-refractivity contribution in [1.82, 2.24) is 10.6 Å². The van der Waals surface area contributed by atoms with Crippen LogP contribution >= 0.6 is 0 Å². The Morgan fingerprint density at radius 2 is 2.05 bits per heavy atom. The Hall–Kier alpha value is -2.04. The first kappa shape index (κ1) is 16.3. The molecule has 5 heteroatoms. The first-order valence-electron chi connectivity index (χ1n) is 7.72. The van der Waals surface area contributed by atoms with Crippen molar-refractivity contribution in [2.45, 2.75) is 45.6 Å². The molecule has 0 saturated heterocycles. The molecule has 1 aliphatic heterocycles. The van der Waals surface area contributed by atoms with E-state index >= 15 is 0 Å². The largest absolute Gasteiger partial charge is 0.453 e. The first-order valence-corrected chi connectivity index (χ1v) is 7.72. The molecule has 2 rings (SSSR count). The number of nitrogens with one attached hydrogen (secondary N) is 2. The summed E-state index contributed by atoms with van der Waals surface area (Å²) in [6.07, 6.45) is -0.508. The van der Waals surface area contributed by atoms with Gasteiger partial charge in [0.25, 0.3) is 0 Å². The van der Waals surface area contributed by atoms with Crippen LogP contribution < -0.4 is 10.6 Å². The summed E-state index contributed by atoms with van der Waals surface area (Å²) in [6, 6.07) is 6.64. The lowest BCUT2D eigenvalue weighted by Gasteiger charge is -2.18. The third-order valence-corrected chi connectivity index (χ3v) is 3.91. The highest BCUT2D eigenvalue weighted by Crippen LogP contribution is 2.31. The van der Waals surface area contributed by atoms with Gasteiger partial charge >= 0.3 is 6.09 Å². The molecule has 0 spiro atoms. The Morgan fingerprint density at radius 3 is 2.64 bits per heavy atom. The van der Waals surface area contributed by atoms with Gasteiger partial charge in [-0.1, -0.05) is 45.9 Å². The molecule has 1 atom stereocenters. The molecule has 120 valence electrons. The molecule has 2 N–H and O–H groups in total. The van der Waals surface area contributed by atoms with E-state index in [1.54, 1.807) is 0 Å². The van der Waals surface area contributed by atoms with Crippen molar-refractivity contribution < 1.29 is 9.53 Å². The highest BCUT2D eigenvalue weighted by molar-refractivity contribution is 5.94. The zero-order chi connectivity index (χ0) is 16.3. The molecule has 1 unspecified atom stereocenters. The van der Waals surface area contributed by atoms with Crippen LogP contribution in [0.1, 0.15) is 62.3 Å². The summed E-state index contributed by atoms with van der Waals surface area (Å²) in [6.45, 7) is 9.48. The zero-order valence-corrected chi connectivity index (χ0v) is 13.9. The predicted octanol–water partition coefficient (Wildman–Crippen LogP) is 3.29. The molecule has 0 aliphatic carbocycles. The third kappa shape index (κ3) is 3.59. The molecule has 0 bridgehead atoms. The maximum Gasteiger partial charge on any atom is 0.413 e. The lowest BCUT2D eigenvalue weighted by Crippen LogP contribution is -2.37. The van der Waals surface area contributed by atoms with Crippen molar-refractivity contribution >= 4 is 12.1 Å². The summed E-state index contributed by atoms with van der Waals surface area (Å²) in [7, 11) is 1.34. The Kier molecular flexibility index (Phi) is 5.06. The van der Waals surface area contributed by atoms with Gasteiger partial charge in [-0.15, -0.1) is 0 Å². The molecule has 1 heterocycles. The number of hydrogen-bond acceptors (Lipinski definition) is 4. The smallest absolute Gasteiger partial charge is 0.413 e. The van der Waals surface area contributed by atoms with E-state index in [1.165, 1.54) is 23.8 Å². The summed E-state index contributed by atoms with van der Waals surface area (Å²) in [5.41, 5.74) is 3.88. The molecular formula is C17H25N3O2. The van der Waals surface area contributed by atoms with Crippen molar-refractivity contribution in [1.29, 1.82) is 0 Å². The third-order valence-electron chi connectivity index (χ3n) is 3.91. The highest BCUT2D eigenvalue weighted by Gasteiger charge is 2.23. The van der Waals surface area contributed by atoms with Crippen molar-refractivity contribution in [3.05, 3.63) is 34.9 Å². The average Bonchev–Trinajstić information content (AvgIpc) is 2.94. The zero-order valence-electron chi connectivity index (χ0n) is 13.9. The van der Waals surface area contributed by atoms with Crippen molar-refractivity contribution in [3.8, 4) is 0 Å². The van der Waals surface area contributed by atoms with E-state index in [-0.39, 0.29) is 6.04 Å². The van der Waals surface area contributed by atoms with Crippen LogP contribution in [0.25, 0.3) is 0 Å². The standard InChI is InChI=1S/C17H25N3O2/c1-10(2)12-6-7-13(14(8-12)11(3)4)15-9-18-16(19-15)20-17(21)22-5/h6-8,10-11,15H,9H2,1-5H3,(H2,18,19,20,21). The van der Waals surface area contributed by atoms with E-state index in [2.05, 4.69) is 66.3 Å². The molecule has 1 aromatic carbocycles. The van der Waals surface area contributed by atoms with Gasteiger partial charge in [0.15, 0.2) is 0 Å². The topological polar surface area (TPSA) is 62.7 Å². The summed E-state index contributed by atoms with van der Waals surface area (Å²) >= 11 is 0. The van der Waals surface area contributed by atoms with Crippen LogP contribution in [0, 0.1) is 0 Å². The maximum absolute atomic E-state index is 11.3. The van der Waals surface area contributed by atoms with Crippen LogP contribution in [-0.2, 0) is 4.74 Å². The van der Waals surface area contributed by atoms with Gasteiger partial charge in [0.1, 0.15) is 0 Å². The predicted molar refractivity (Wildman–Crippen MR) is 88.3 cm³/mol. The fourth-order valence-corrected chi connectivity index (χ4v) is 2.60. The molecule has 5 nitrogen and oxygen atoms in total. The molecule has 1 aromatic rings. The monoisotopic (exact) mass is 303 g/mol. The van der Waals surface area contributed by atoms with E-state index in [1.807, 2.05) is 0 Å². The SMILES string of the molecule is COC(=O)NC1=NC(c2ccc(C(C)C)cc2C(C)C)CN1. The lowest BCUT2D eigenvalue weighted by atomic mass is 9.89. The summed E-state index contributed by atoms with van der Waals surface area (Å²) in [5.74, 6) is 1.41. The molecule has 0 fully saturated rings. The van der Waals surface area contributed by atoms with Gasteiger partial charge in [0.05, 0.1) is 13.2 Å². The van der Waals surface area contributed by atoms with Crippen LogP contribution in [-0.4, -0.2) is 25.7 Å². The summed E-state index contributed by atoms with van der Waals surface area (Å²) in [4.78, 5) is 15.8. The minimum Gasteiger partial charge on any atom is -0.453 e. The van der Waals surface area contributed by atoms with Gasteiger partial charge in [-0.25, -0.2) is 9.79 Å². The van der Waals surface area contributed by atoms with Crippen LogP contribution in [0.3, 0.4) is 0 Å². The van der Waals surface area contributed by atoms with Gasteiger partial charge in [0, 0.05) is 6.54 Å². The molecule has 0 radical (unpaired) electrons. The van der Waals surface area contributed by atoms with E-state index in [9.17, 15) is 4.79 Å². The normalized spacial score (nSPS) is 17.4. The van der Waals surface area contributed by atoms with E-state index in [0.717, 1.165) is 0 Å². The quantitative estimate of drug-likeness (QED) is 0.900. The fraction of sp³-hybridized carbons (Fsp3) is 0.529. The molecular weight excluding hydrogens is 278 g/mol. The van der Waals surface area contributed by atoms with Gasteiger partial charge in [-0.05, 0) is 28.5 Å². The molecule has 22 heavy (non-hydrogen) atoms. The minimum absolute atomic E-state index is 0.0192.